The van der Waals surface area contributed by atoms with Crippen LogP contribution in [0.5, 0.6) is 5.75 Å². The highest BCUT2D eigenvalue weighted by Crippen LogP contribution is 2.41. The Balaban J connectivity index is 1.67. The van der Waals surface area contributed by atoms with Crippen LogP contribution in [-0.2, 0) is 11.2 Å². The normalized spacial score (nSPS) is 23.2. The van der Waals surface area contributed by atoms with Crippen molar-refractivity contribution < 1.29 is 9.53 Å². The van der Waals surface area contributed by atoms with Gasteiger partial charge in [0, 0.05) is 11.6 Å². The molecular weight excluding hydrogens is 334 g/mol. The Bertz CT molecular complexity index is 777. The van der Waals surface area contributed by atoms with Crippen molar-refractivity contribution in [3.8, 4) is 5.75 Å². The van der Waals surface area contributed by atoms with Gasteiger partial charge in [-0.15, -0.1) is 0 Å². The third-order valence-electron chi connectivity index (χ3n) is 6.39. The Kier molecular flexibility index (Phi) is 5.47. The summed E-state index contributed by atoms with van der Waals surface area (Å²) in [5.74, 6) is 1.96. The largest absolute Gasteiger partial charge is 0.497 e. The summed E-state index contributed by atoms with van der Waals surface area (Å²) in [6.07, 6.45) is 8.41. The Morgan fingerprint density at radius 1 is 1.00 bits per heavy atom. The van der Waals surface area contributed by atoms with Crippen LogP contribution in [0.15, 0.2) is 48.5 Å². The van der Waals surface area contributed by atoms with E-state index in [-0.39, 0.29) is 17.7 Å². The zero-order valence-corrected chi connectivity index (χ0v) is 16.1. The van der Waals surface area contributed by atoms with Gasteiger partial charge in [0.2, 0.25) is 5.91 Å². The Morgan fingerprint density at radius 2 is 1.74 bits per heavy atom. The van der Waals surface area contributed by atoms with E-state index >= 15 is 0 Å². The fraction of sp³-hybridized carbons (Fsp3) is 0.458. The van der Waals surface area contributed by atoms with Gasteiger partial charge in [-0.2, -0.15) is 0 Å². The maximum Gasteiger partial charge on any atom is 0.228 e. The number of ether oxygens (including phenoxy) is 1. The van der Waals surface area contributed by atoms with E-state index in [9.17, 15) is 4.79 Å². The summed E-state index contributed by atoms with van der Waals surface area (Å²) < 4.78 is 5.33. The van der Waals surface area contributed by atoms with Crippen LogP contribution < -0.4 is 10.1 Å². The molecule has 1 fully saturated rings. The minimum Gasteiger partial charge on any atom is -0.497 e. The third-order valence-corrected chi connectivity index (χ3v) is 6.39. The molecule has 1 saturated carbocycles. The molecule has 2 unspecified atom stereocenters. The SMILES string of the molecule is COc1ccc(C2Cc3ccccc3NC(=O)C2CC2CCCCC2)cc1. The van der Waals surface area contributed by atoms with Crippen LogP contribution in [0, 0.1) is 11.8 Å². The van der Waals surface area contributed by atoms with E-state index in [1.54, 1.807) is 7.11 Å². The molecule has 0 spiro atoms. The molecule has 2 aromatic rings. The fourth-order valence-corrected chi connectivity index (χ4v) is 4.86. The zero-order chi connectivity index (χ0) is 18.6. The van der Waals surface area contributed by atoms with Crippen molar-refractivity contribution in [2.75, 3.05) is 12.4 Å². The number of carbonyl (C=O) groups excluding carboxylic acids is 1. The van der Waals surface area contributed by atoms with Crippen LogP contribution in [0.25, 0.3) is 0 Å². The number of nitrogens with one attached hydrogen (secondary N) is 1. The molecule has 0 bridgehead atoms. The number of para-hydroxylation sites is 1. The van der Waals surface area contributed by atoms with E-state index < -0.39 is 0 Å². The first-order valence-corrected chi connectivity index (χ1v) is 10.3. The van der Waals surface area contributed by atoms with Gasteiger partial charge in [0.25, 0.3) is 0 Å². The molecule has 1 heterocycles. The summed E-state index contributed by atoms with van der Waals surface area (Å²) in [7, 11) is 1.69. The van der Waals surface area contributed by atoms with E-state index in [1.807, 2.05) is 24.3 Å². The second kappa shape index (κ2) is 8.16. The molecule has 4 rings (SSSR count). The predicted molar refractivity (Wildman–Crippen MR) is 109 cm³/mol. The molecule has 1 N–H and O–H groups in total. The molecule has 3 heteroatoms. The second-order valence-corrected chi connectivity index (χ2v) is 8.08. The Morgan fingerprint density at radius 3 is 2.48 bits per heavy atom. The lowest BCUT2D eigenvalue weighted by atomic mass is 9.74. The summed E-state index contributed by atoms with van der Waals surface area (Å²) in [5, 5.41) is 3.22. The number of anilines is 1. The van der Waals surface area contributed by atoms with Crippen molar-refractivity contribution in [1.29, 1.82) is 0 Å². The Hall–Kier alpha value is -2.29. The maximum atomic E-state index is 13.2. The summed E-state index contributed by atoms with van der Waals surface area (Å²) >= 11 is 0. The number of hydrogen-bond donors (Lipinski definition) is 1. The van der Waals surface area contributed by atoms with Crippen LogP contribution in [0.4, 0.5) is 5.69 Å². The summed E-state index contributed by atoms with van der Waals surface area (Å²) in [6.45, 7) is 0. The fourth-order valence-electron chi connectivity index (χ4n) is 4.86. The topological polar surface area (TPSA) is 38.3 Å². The molecule has 1 aliphatic heterocycles. The van der Waals surface area contributed by atoms with E-state index in [4.69, 9.17) is 4.74 Å². The zero-order valence-electron chi connectivity index (χ0n) is 16.1. The van der Waals surface area contributed by atoms with Crippen LogP contribution in [0.3, 0.4) is 0 Å². The Labute approximate surface area is 162 Å². The first-order chi connectivity index (χ1) is 13.2. The van der Waals surface area contributed by atoms with Crippen molar-refractivity contribution in [1.82, 2.24) is 0 Å². The minimum atomic E-state index is 0.0221. The summed E-state index contributed by atoms with van der Waals surface area (Å²) in [4.78, 5) is 13.2. The van der Waals surface area contributed by atoms with Crippen molar-refractivity contribution in [2.45, 2.75) is 50.9 Å². The summed E-state index contributed by atoms with van der Waals surface area (Å²) in [6, 6.07) is 16.6. The van der Waals surface area contributed by atoms with Crippen LogP contribution in [0.2, 0.25) is 0 Å². The van der Waals surface area contributed by atoms with Gasteiger partial charge in [0.15, 0.2) is 0 Å². The van der Waals surface area contributed by atoms with Crippen LogP contribution in [-0.4, -0.2) is 13.0 Å². The molecule has 1 aliphatic carbocycles. The average molecular weight is 364 g/mol. The molecule has 3 nitrogen and oxygen atoms in total. The molecule has 0 radical (unpaired) electrons. The lowest BCUT2D eigenvalue weighted by Crippen LogP contribution is -2.29. The number of fused-ring (bicyclic) bond motifs is 1. The van der Waals surface area contributed by atoms with Crippen LogP contribution in [0.1, 0.15) is 55.6 Å². The van der Waals surface area contributed by atoms with E-state index in [1.165, 1.54) is 43.2 Å². The number of amides is 1. The molecule has 0 aromatic heterocycles. The predicted octanol–water partition coefficient (Wildman–Crippen LogP) is 5.56. The van der Waals surface area contributed by atoms with E-state index in [0.29, 0.717) is 5.92 Å². The molecule has 2 aromatic carbocycles. The molecule has 2 aliphatic rings. The summed E-state index contributed by atoms with van der Waals surface area (Å²) in [5.41, 5.74) is 3.45. The molecule has 27 heavy (non-hydrogen) atoms. The van der Waals surface area contributed by atoms with Gasteiger partial charge in [-0.3, -0.25) is 4.79 Å². The number of methoxy groups -OCH3 is 1. The quantitative estimate of drug-likeness (QED) is 0.772. The maximum absolute atomic E-state index is 13.2. The van der Waals surface area contributed by atoms with Gasteiger partial charge < -0.3 is 10.1 Å². The van der Waals surface area contributed by atoms with Gasteiger partial charge >= 0.3 is 0 Å². The van der Waals surface area contributed by atoms with Gasteiger partial charge in [0.05, 0.1) is 7.11 Å². The molecule has 142 valence electrons. The average Bonchev–Trinajstić information content (AvgIpc) is 2.85. The van der Waals surface area contributed by atoms with Gasteiger partial charge in [-0.1, -0.05) is 62.4 Å². The van der Waals surface area contributed by atoms with Crippen molar-refractivity contribution in [3.63, 3.8) is 0 Å². The highest BCUT2D eigenvalue weighted by atomic mass is 16.5. The number of carbonyl (C=O) groups is 1. The molecule has 0 saturated heterocycles. The smallest absolute Gasteiger partial charge is 0.228 e. The molecular formula is C24H29NO2. The van der Waals surface area contributed by atoms with Crippen molar-refractivity contribution >= 4 is 11.6 Å². The monoisotopic (exact) mass is 363 g/mol. The molecule has 2 atom stereocenters. The third kappa shape index (κ3) is 4.02. The highest BCUT2D eigenvalue weighted by molar-refractivity contribution is 5.95. The first-order valence-electron chi connectivity index (χ1n) is 10.3. The molecule has 1 amide bonds. The lowest BCUT2D eigenvalue weighted by molar-refractivity contribution is -0.121. The number of hydrogen-bond acceptors (Lipinski definition) is 2. The number of rotatable bonds is 4. The second-order valence-electron chi connectivity index (χ2n) is 8.08. The van der Waals surface area contributed by atoms with Gasteiger partial charge in [0.1, 0.15) is 5.75 Å². The van der Waals surface area contributed by atoms with E-state index in [2.05, 4.69) is 29.6 Å². The highest BCUT2D eigenvalue weighted by Gasteiger charge is 2.35. The minimum absolute atomic E-state index is 0.0221. The van der Waals surface area contributed by atoms with E-state index in [0.717, 1.165) is 24.3 Å². The van der Waals surface area contributed by atoms with Crippen molar-refractivity contribution in [3.05, 3.63) is 59.7 Å². The number of benzene rings is 2. The van der Waals surface area contributed by atoms with Gasteiger partial charge in [-0.25, -0.2) is 0 Å². The first kappa shape index (κ1) is 18.1. The standard InChI is InChI=1S/C24H29NO2/c1-27-20-13-11-18(12-14-20)21-16-19-9-5-6-10-23(19)25-24(26)22(21)15-17-7-3-2-4-8-17/h5-6,9-14,17,21-22H,2-4,7-8,15-16H2,1H3,(H,25,26). The van der Waals surface area contributed by atoms with Gasteiger partial charge in [-0.05, 0) is 54.0 Å². The lowest BCUT2D eigenvalue weighted by Gasteiger charge is -2.30. The van der Waals surface area contributed by atoms with Crippen LogP contribution >= 0.6 is 0 Å². The van der Waals surface area contributed by atoms with Crippen molar-refractivity contribution in [2.24, 2.45) is 11.8 Å².